The van der Waals surface area contributed by atoms with Crippen molar-refractivity contribution in [3.63, 3.8) is 0 Å². The third kappa shape index (κ3) is 3.54. The van der Waals surface area contributed by atoms with E-state index in [0.717, 1.165) is 22.0 Å². The van der Waals surface area contributed by atoms with Gasteiger partial charge in [0.1, 0.15) is 6.61 Å². The minimum absolute atomic E-state index is 0.0712. The summed E-state index contributed by atoms with van der Waals surface area (Å²) in [6.07, 6.45) is 7.13. The zero-order valence-corrected chi connectivity index (χ0v) is 16.0. The van der Waals surface area contributed by atoms with Gasteiger partial charge in [-0.05, 0) is 54.1 Å². The zero-order chi connectivity index (χ0) is 19.7. The molecule has 1 aliphatic rings. The minimum Gasteiger partial charge on any atom is -0.497 e. The average Bonchev–Trinajstić information content (AvgIpc) is 2.70. The van der Waals surface area contributed by atoms with Crippen LogP contribution in [0, 0.1) is 0 Å². The second-order valence-electron chi connectivity index (χ2n) is 6.12. The maximum Gasteiger partial charge on any atom is 0.337 e. The van der Waals surface area contributed by atoms with Crippen molar-refractivity contribution in [2.75, 3.05) is 11.9 Å². The number of allylic oxidation sites excluding steroid dienone is 2. The number of nitrogens with one attached hydrogen (secondary N) is 1. The lowest BCUT2D eigenvalue weighted by atomic mass is 10.0. The van der Waals surface area contributed by atoms with E-state index in [9.17, 15) is 9.90 Å². The Morgan fingerprint density at radius 1 is 1.14 bits per heavy atom. The summed E-state index contributed by atoms with van der Waals surface area (Å²) >= 11 is 12.2. The Morgan fingerprint density at radius 2 is 1.93 bits per heavy atom. The van der Waals surface area contributed by atoms with Gasteiger partial charge in [-0.1, -0.05) is 23.2 Å². The first-order chi connectivity index (χ1) is 13.5. The molecule has 0 radical (unpaired) electrons. The van der Waals surface area contributed by atoms with Crippen molar-refractivity contribution in [1.82, 2.24) is 4.98 Å². The van der Waals surface area contributed by atoms with Crippen molar-refractivity contribution in [1.29, 1.82) is 0 Å². The van der Waals surface area contributed by atoms with E-state index in [-0.39, 0.29) is 5.56 Å². The molecule has 0 bridgehead atoms. The maximum absolute atomic E-state index is 11.7. The smallest absolute Gasteiger partial charge is 0.337 e. The van der Waals surface area contributed by atoms with Crippen LogP contribution in [0.5, 0.6) is 0 Å². The van der Waals surface area contributed by atoms with E-state index in [1.807, 2.05) is 18.2 Å². The Labute approximate surface area is 170 Å². The Hall–Kier alpha value is -3.02. The number of halogens is 2. The Balaban J connectivity index is 1.94. The van der Waals surface area contributed by atoms with Gasteiger partial charge in [-0.15, -0.1) is 0 Å². The molecule has 2 aromatic carbocycles. The fourth-order valence-corrected chi connectivity index (χ4v) is 3.38. The number of aromatic carboxylic acids is 1. The molecule has 0 aliphatic carbocycles. The molecule has 0 saturated heterocycles. The van der Waals surface area contributed by atoms with Crippen molar-refractivity contribution in [3.8, 4) is 0 Å². The van der Waals surface area contributed by atoms with E-state index in [2.05, 4.69) is 10.3 Å². The molecule has 2 N–H and O–H groups in total. The topological polar surface area (TPSA) is 71.5 Å². The second kappa shape index (κ2) is 7.54. The number of benzene rings is 2. The van der Waals surface area contributed by atoms with Crippen LogP contribution in [-0.2, 0) is 4.74 Å². The Bertz CT molecular complexity index is 1160. The number of anilines is 2. The lowest BCUT2D eigenvalue weighted by Crippen LogP contribution is -2.05. The monoisotopic (exact) mass is 412 g/mol. The SMILES string of the molecule is O=C(O)c1cc(Cl)ccc1Nc1c(C2=CCOC=C2)cnc2ccc(Cl)cc12. The molecule has 0 atom stereocenters. The summed E-state index contributed by atoms with van der Waals surface area (Å²) in [5.74, 6) is -1.08. The molecule has 140 valence electrons. The molecule has 1 aliphatic heterocycles. The number of carboxylic acids is 1. The van der Waals surface area contributed by atoms with Crippen LogP contribution < -0.4 is 5.32 Å². The number of pyridine rings is 1. The van der Waals surface area contributed by atoms with Crippen LogP contribution in [0.3, 0.4) is 0 Å². The van der Waals surface area contributed by atoms with Gasteiger partial charge in [-0.2, -0.15) is 0 Å². The molecule has 0 fully saturated rings. The minimum atomic E-state index is -1.08. The molecule has 2 heterocycles. The highest BCUT2D eigenvalue weighted by molar-refractivity contribution is 6.31. The lowest BCUT2D eigenvalue weighted by molar-refractivity contribution is 0.0698. The van der Waals surface area contributed by atoms with Crippen LogP contribution in [0.1, 0.15) is 15.9 Å². The van der Waals surface area contributed by atoms with Gasteiger partial charge in [0.15, 0.2) is 0 Å². The van der Waals surface area contributed by atoms with Crippen LogP contribution >= 0.6 is 23.2 Å². The summed E-state index contributed by atoms with van der Waals surface area (Å²) in [5, 5.41) is 14.5. The molecule has 28 heavy (non-hydrogen) atoms. The van der Waals surface area contributed by atoms with E-state index in [1.165, 1.54) is 6.07 Å². The van der Waals surface area contributed by atoms with Gasteiger partial charge in [0.25, 0.3) is 0 Å². The molecule has 7 heteroatoms. The third-order valence-electron chi connectivity index (χ3n) is 4.36. The van der Waals surface area contributed by atoms with Gasteiger partial charge in [-0.3, -0.25) is 4.98 Å². The number of nitrogens with zero attached hydrogens (tertiary/aromatic N) is 1. The molecule has 5 nitrogen and oxygen atoms in total. The van der Waals surface area contributed by atoms with Crippen molar-refractivity contribution in [2.45, 2.75) is 0 Å². The quantitative estimate of drug-likeness (QED) is 0.556. The molecule has 0 saturated carbocycles. The normalized spacial score (nSPS) is 13.1. The van der Waals surface area contributed by atoms with Gasteiger partial charge in [0.05, 0.1) is 28.7 Å². The number of hydrogen-bond acceptors (Lipinski definition) is 4. The van der Waals surface area contributed by atoms with Gasteiger partial charge >= 0.3 is 5.97 Å². The number of carbonyl (C=O) groups is 1. The summed E-state index contributed by atoms with van der Waals surface area (Å²) in [7, 11) is 0. The standard InChI is InChI=1S/C21H14Cl2N2O3/c22-13-1-3-18-15(9-13)20(17(11-24-18)12-5-7-28-8-6-12)25-19-4-2-14(23)10-16(19)21(26)27/h1-7,9-11H,8H2,(H,24,25)(H,26,27). The van der Waals surface area contributed by atoms with E-state index in [4.69, 9.17) is 27.9 Å². The number of fused-ring (bicyclic) bond motifs is 1. The highest BCUT2D eigenvalue weighted by atomic mass is 35.5. The molecular formula is C21H14Cl2N2O3. The summed E-state index contributed by atoms with van der Waals surface area (Å²) in [6.45, 7) is 0.445. The molecule has 0 unspecified atom stereocenters. The first-order valence-electron chi connectivity index (χ1n) is 8.40. The number of rotatable bonds is 4. The van der Waals surface area contributed by atoms with Gasteiger partial charge in [0.2, 0.25) is 0 Å². The number of ether oxygens (including phenoxy) is 1. The van der Waals surface area contributed by atoms with E-state index in [0.29, 0.717) is 28.0 Å². The summed E-state index contributed by atoms with van der Waals surface area (Å²) in [4.78, 5) is 16.2. The molecule has 3 aromatic rings. The summed E-state index contributed by atoms with van der Waals surface area (Å²) < 4.78 is 5.24. The van der Waals surface area contributed by atoms with Crippen molar-refractivity contribution >= 4 is 57.0 Å². The third-order valence-corrected chi connectivity index (χ3v) is 4.83. The lowest BCUT2D eigenvalue weighted by Gasteiger charge is -2.18. The van der Waals surface area contributed by atoms with Crippen LogP contribution in [0.15, 0.2) is 61.0 Å². The maximum atomic E-state index is 11.7. The Kier molecular flexibility index (Phi) is 4.94. The highest BCUT2D eigenvalue weighted by Gasteiger charge is 2.17. The van der Waals surface area contributed by atoms with Crippen LogP contribution in [-0.4, -0.2) is 22.7 Å². The zero-order valence-electron chi connectivity index (χ0n) is 14.4. The molecule has 0 amide bonds. The van der Waals surface area contributed by atoms with Crippen molar-refractivity contribution < 1.29 is 14.6 Å². The predicted octanol–water partition coefficient (Wildman–Crippen LogP) is 5.91. The van der Waals surface area contributed by atoms with Gasteiger partial charge < -0.3 is 15.2 Å². The van der Waals surface area contributed by atoms with Crippen molar-refractivity contribution in [3.05, 3.63) is 82.2 Å². The number of carboxylic acid groups (broad SMARTS) is 1. The van der Waals surface area contributed by atoms with E-state index >= 15 is 0 Å². The molecule has 4 rings (SSSR count). The molecular weight excluding hydrogens is 399 g/mol. The van der Waals surface area contributed by atoms with Crippen LogP contribution in [0.25, 0.3) is 16.5 Å². The van der Waals surface area contributed by atoms with E-state index in [1.54, 1.807) is 36.7 Å². The highest BCUT2D eigenvalue weighted by Crippen LogP contribution is 2.36. The second-order valence-corrected chi connectivity index (χ2v) is 7.00. The first kappa shape index (κ1) is 18.3. The largest absolute Gasteiger partial charge is 0.497 e. The fourth-order valence-electron chi connectivity index (χ4n) is 3.04. The number of hydrogen-bond donors (Lipinski definition) is 2. The van der Waals surface area contributed by atoms with Crippen LogP contribution in [0.4, 0.5) is 11.4 Å². The first-order valence-corrected chi connectivity index (χ1v) is 9.15. The fraction of sp³-hybridized carbons (Fsp3) is 0.0476. The summed E-state index contributed by atoms with van der Waals surface area (Å²) in [5.41, 5.74) is 3.65. The molecule has 1 aromatic heterocycles. The van der Waals surface area contributed by atoms with Crippen LogP contribution in [0.2, 0.25) is 10.0 Å². The van der Waals surface area contributed by atoms with Gasteiger partial charge in [0, 0.05) is 27.2 Å². The summed E-state index contributed by atoms with van der Waals surface area (Å²) in [6, 6.07) is 10.1. The Morgan fingerprint density at radius 3 is 2.68 bits per heavy atom. The van der Waals surface area contributed by atoms with E-state index < -0.39 is 5.97 Å². The molecule has 0 spiro atoms. The average molecular weight is 413 g/mol. The number of aromatic nitrogens is 1. The van der Waals surface area contributed by atoms with Gasteiger partial charge in [-0.25, -0.2) is 4.79 Å². The van der Waals surface area contributed by atoms with Crippen molar-refractivity contribution in [2.24, 2.45) is 0 Å². The predicted molar refractivity (Wildman–Crippen MR) is 112 cm³/mol.